The van der Waals surface area contributed by atoms with E-state index in [0.29, 0.717) is 18.9 Å². The number of nitrogens with two attached hydrogens (primary N) is 1. The zero-order valence-electron chi connectivity index (χ0n) is 6.55. The molecule has 0 radical (unpaired) electrons. The number of hydrogen-bond acceptors (Lipinski definition) is 5. The first-order valence-electron chi connectivity index (χ1n) is 3.61. The minimum absolute atomic E-state index is 0.344. The number of aliphatic hydroxyl groups excluding tert-OH is 1. The van der Waals surface area contributed by atoms with Gasteiger partial charge in [0.1, 0.15) is 6.23 Å². The Morgan fingerprint density at radius 1 is 1.58 bits per heavy atom. The SMILES string of the molecule is NC(O)CCOc1cnccn1. The van der Waals surface area contributed by atoms with Crippen molar-refractivity contribution in [2.24, 2.45) is 5.73 Å². The lowest BCUT2D eigenvalue weighted by Gasteiger charge is -2.05. The van der Waals surface area contributed by atoms with E-state index in [1.807, 2.05) is 0 Å². The predicted molar refractivity (Wildman–Crippen MR) is 42.3 cm³/mol. The second-order valence-corrected chi connectivity index (χ2v) is 2.25. The number of aromatic nitrogens is 2. The summed E-state index contributed by atoms with van der Waals surface area (Å²) < 4.78 is 5.10. The van der Waals surface area contributed by atoms with Gasteiger partial charge in [-0.15, -0.1) is 0 Å². The van der Waals surface area contributed by atoms with E-state index in [1.165, 1.54) is 12.4 Å². The van der Waals surface area contributed by atoms with Crippen LogP contribution < -0.4 is 10.5 Å². The van der Waals surface area contributed by atoms with Crippen molar-refractivity contribution in [1.29, 1.82) is 0 Å². The van der Waals surface area contributed by atoms with Gasteiger partial charge in [0, 0.05) is 18.8 Å². The molecule has 1 atom stereocenters. The van der Waals surface area contributed by atoms with Crippen LogP contribution in [0.2, 0.25) is 0 Å². The van der Waals surface area contributed by atoms with Crippen LogP contribution >= 0.6 is 0 Å². The Morgan fingerprint density at radius 2 is 2.42 bits per heavy atom. The fourth-order valence-electron chi connectivity index (χ4n) is 0.644. The summed E-state index contributed by atoms with van der Waals surface area (Å²) in [5, 5.41) is 8.69. The maximum atomic E-state index is 8.69. The molecule has 0 bridgehead atoms. The van der Waals surface area contributed by atoms with Gasteiger partial charge in [-0.3, -0.25) is 4.98 Å². The molecule has 0 aliphatic carbocycles. The summed E-state index contributed by atoms with van der Waals surface area (Å²) in [5.41, 5.74) is 5.10. The third kappa shape index (κ3) is 3.27. The Kier molecular flexibility index (Phi) is 3.43. The number of nitrogens with zero attached hydrogens (tertiary/aromatic N) is 2. The molecule has 0 aromatic carbocycles. The average Bonchev–Trinajstić information content (AvgIpc) is 2.05. The van der Waals surface area contributed by atoms with Gasteiger partial charge < -0.3 is 15.6 Å². The smallest absolute Gasteiger partial charge is 0.232 e. The van der Waals surface area contributed by atoms with E-state index in [0.717, 1.165) is 0 Å². The van der Waals surface area contributed by atoms with Crippen LogP contribution in [-0.4, -0.2) is 27.9 Å². The van der Waals surface area contributed by atoms with E-state index >= 15 is 0 Å². The summed E-state index contributed by atoms with van der Waals surface area (Å²) >= 11 is 0. The number of rotatable bonds is 4. The summed E-state index contributed by atoms with van der Waals surface area (Å²) in [6.07, 6.45) is 4.15. The molecule has 1 rings (SSSR count). The van der Waals surface area contributed by atoms with Crippen molar-refractivity contribution >= 4 is 0 Å². The summed E-state index contributed by atoms with van der Waals surface area (Å²) in [6.45, 7) is 0.344. The van der Waals surface area contributed by atoms with Gasteiger partial charge in [-0.05, 0) is 0 Å². The van der Waals surface area contributed by atoms with E-state index in [9.17, 15) is 0 Å². The van der Waals surface area contributed by atoms with Crippen LogP contribution in [-0.2, 0) is 0 Å². The van der Waals surface area contributed by atoms with Gasteiger partial charge in [-0.25, -0.2) is 4.98 Å². The molecule has 0 fully saturated rings. The van der Waals surface area contributed by atoms with E-state index in [4.69, 9.17) is 15.6 Å². The highest BCUT2D eigenvalue weighted by atomic mass is 16.5. The Morgan fingerprint density at radius 3 is 3.00 bits per heavy atom. The van der Waals surface area contributed by atoms with Crippen molar-refractivity contribution in [2.75, 3.05) is 6.61 Å². The van der Waals surface area contributed by atoms with Gasteiger partial charge in [-0.1, -0.05) is 0 Å². The van der Waals surface area contributed by atoms with Gasteiger partial charge in [0.05, 0.1) is 12.8 Å². The van der Waals surface area contributed by atoms with E-state index in [1.54, 1.807) is 6.20 Å². The predicted octanol–water partition coefficient (Wildman–Crippen LogP) is -0.477. The van der Waals surface area contributed by atoms with Crippen LogP contribution in [0.4, 0.5) is 0 Å². The Labute approximate surface area is 70.2 Å². The van der Waals surface area contributed by atoms with Crippen LogP contribution in [0, 0.1) is 0 Å². The molecule has 1 unspecified atom stereocenters. The zero-order chi connectivity index (χ0) is 8.81. The van der Waals surface area contributed by atoms with Crippen molar-refractivity contribution in [3.8, 4) is 5.88 Å². The molecule has 1 heterocycles. The highest BCUT2D eigenvalue weighted by Gasteiger charge is 1.97. The third-order valence-corrected chi connectivity index (χ3v) is 1.20. The summed E-state index contributed by atoms with van der Waals surface area (Å²) in [7, 11) is 0. The van der Waals surface area contributed by atoms with Crippen LogP contribution in [0.25, 0.3) is 0 Å². The fraction of sp³-hybridized carbons (Fsp3) is 0.429. The first kappa shape index (κ1) is 8.89. The van der Waals surface area contributed by atoms with E-state index in [2.05, 4.69) is 9.97 Å². The van der Waals surface area contributed by atoms with Gasteiger partial charge in [0.25, 0.3) is 0 Å². The number of hydrogen-bond donors (Lipinski definition) is 2. The van der Waals surface area contributed by atoms with Crippen molar-refractivity contribution < 1.29 is 9.84 Å². The average molecular weight is 169 g/mol. The molecule has 5 nitrogen and oxygen atoms in total. The Balaban J connectivity index is 2.25. The molecule has 5 heteroatoms. The van der Waals surface area contributed by atoms with Crippen molar-refractivity contribution in [3.63, 3.8) is 0 Å². The lowest BCUT2D eigenvalue weighted by Crippen LogP contribution is -2.21. The molecule has 0 saturated carbocycles. The molecular formula is C7H11N3O2. The fourth-order valence-corrected chi connectivity index (χ4v) is 0.644. The molecule has 66 valence electrons. The van der Waals surface area contributed by atoms with Crippen LogP contribution in [0.1, 0.15) is 6.42 Å². The number of ether oxygens (including phenoxy) is 1. The third-order valence-electron chi connectivity index (χ3n) is 1.20. The quantitative estimate of drug-likeness (QED) is 0.595. The molecular weight excluding hydrogens is 158 g/mol. The highest BCUT2D eigenvalue weighted by molar-refractivity contribution is 5.00. The van der Waals surface area contributed by atoms with E-state index in [-0.39, 0.29) is 0 Å². The second-order valence-electron chi connectivity index (χ2n) is 2.25. The monoisotopic (exact) mass is 169 g/mol. The van der Waals surface area contributed by atoms with Gasteiger partial charge in [0.2, 0.25) is 5.88 Å². The maximum absolute atomic E-state index is 8.69. The summed E-state index contributed by atoms with van der Waals surface area (Å²) in [5.74, 6) is 0.443. The molecule has 1 aromatic rings. The molecule has 0 saturated heterocycles. The van der Waals surface area contributed by atoms with Crippen LogP contribution in [0.3, 0.4) is 0 Å². The largest absolute Gasteiger partial charge is 0.476 e. The number of aliphatic hydroxyl groups is 1. The molecule has 0 amide bonds. The van der Waals surface area contributed by atoms with Crippen molar-refractivity contribution in [1.82, 2.24) is 9.97 Å². The Bertz CT molecular complexity index is 215. The first-order chi connectivity index (χ1) is 5.79. The standard InChI is InChI=1S/C7H11N3O2/c8-6(11)1-4-12-7-5-9-2-3-10-7/h2-3,5-6,11H,1,4,8H2. The minimum Gasteiger partial charge on any atom is -0.476 e. The summed E-state index contributed by atoms with van der Waals surface area (Å²) in [4.78, 5) is 7.67. The van der Waals surface area contributed by atoms with Crippen molar-refractivity contribution in [3.05, 3.63) is 18.6 Å². The molecule has 0 aliphatic heterocycles. The highest BCUT2D eigenvalue weighted by Crippen LogP contribution is 2.00. The van der Waals surface area contributed by atoms with Gasteiger partial charge in [-0.2, -0.15) is 0 Å². The lowest BCUT2D eigenvalue weighted by molar-refractivity contribution is 0.143. The maximum Gasteiger partial charge on any atom is 0.232 e. The molecule has 0 spiro atoms. The van der Waals surface area contributed by atoms with Gasteiger partial charge in [0.15, 0.2) is 0 Å². The van der Waals surface area contributed by atoms with Crippen LogP contribution in [0.5, 0.6) is 5.88 Å². The molecule has 3 N–H and O–H groups in total. The van der Waals surface area contributed by atoms with Crippen LogP contribution in [0.15, 0.2) is 18.6 Å². The summed E-state index contributed by atoms with van der Waals surface area (Å²) in [6, 6.07) is 0. The normalized spacial score (nSPS) is 12.5. The second kappa shape index (κ2) is 4.63. The van der Waals surface area contributed by atoms with Gasteiger partial charge >= 0.3 is 0 Å². The van der Waals surface area contributed by atoms with Crippen molar-refractivity contribution in [2.45, 2.75) is 12.6 Å². The minimum atomic E-state index is -0.832. The Hall–Kier alpha value is -1.20. The van der Waals surface area contributed by atoms with E-state index < -0.39 is 6.23 Å². The molecule has 1 aromatic heterocycles. The molecule has 12 heavy (non-hydrogen) atoms. The molecule has 0 aliphatic rings. The topological polar surface area (TPSA) is 81.3 Å². The lowest BCUT2D eigenvalue weighted by atomic mass is 10.4. The zero-order valence-corrected chi connectivity index (χ0v) is 6.55. The first-order valence-corrected chi connectivity index (χ1v) is 3.61.